The number of nitrogens with one attached hydrogen (secondary N) is 1. The number of carbonyl (C=O) groups is 3. The average Bonchev–Trinajstić information content (AvgIpc) is 2.57. The van der Waals surface area contributed by atoms with E-state index >= 15 is 0 Å². The van der Waals surface area contributed by atoms with E-state index in [0.717, 1.165) is 12.2 Å². The molecule has 0 radical (unpaired) electrons. The van der Waals surface area contributed by atoms with Crippen LogP contribution in [0.5, 0.6) is 0 Å². The van der Waals surface area contributed by atoms with Crippen LogP contribution in [0.15, 0.2) is 0 Å². The summed E-state index contributed by atoms with van der Waals surface area (Å²) in [7, 11) is 0. The highest BCUT2D eigenvalue weighted by Crippen LogP contribution is 2.20. The number of unbranched alkanes of at least 4 members (excludes halogenated alkanes) is 2. The summed E-state index contributed by atoms with van der Waals surface area (Å²) in [6.07, 6.45) is 6.03. The van der Waals surface area contributed by atoms with Crippen LogP contribution in [-0.2, 0) is 14.4 Å². The van der Waals surface area contributed by atoms with Gasteiger partial charge in [-0.3, -0.25) is 14.4 Å². The zero-order chi connectivity index (χ0) is 19.9. The van der Waals surface area contributed by atoms with Gasteiger partial charge in [0.1, 0.15) is 6.04 Å². The van der Waals surface area contributed by atoms with Crippen LogP contribution in [0, 0.1) is 0 Å². The Balaban J connectivity index is 4.37. The molecule has 1 amide bonds. The number of hydrogen-bond donors (Lipinski definition) is 4. The monoisotopic (exact) mass is 390 g/mol. The normalized spacial score (nSPS) is 14.4. The Hall–Kier alpha value is -1.28. The lowest BCUT2D eigenvalue weighted by molar-refractivity contribution is -0.139. The van der Waals surface area contributed by atoms with Gasteiger partial charge in [-0.05, 0) is 25.7 Å². The third kappa shape index (κ3) is 13.9. The van der Waals surface area contributed by atoms with Gasteiger partial charge >= 0.3 is 11.9 Å². The first kappa shape index (κ1) is 24.7. The van der Waals surface area contributed by atoms with Crippen LogP contribution in [0.3, 0.4) is 0 Å². The first-order valence-electron chi connectivity index (χ1n) is 9.37. The molecule has 5 N–H and O–H groups in total. The molecule has 2 unspecified atom stereocenters. The fourth-order valence-corrected chi connectivity index (χ4v) is 3.60. The van der Waals surface area contributed by atoms with E-state index in [1.54, 1.807) is 11.8 Å². The molecule has 0 aromatic carbocycles. The standard InChI is InChI=1S/C18H34N2O5S/c1-3-4-5-7-13(2)26-12-14(8-6-9-17(22)23)20-16(21)11-10-15(19)18(24)25/h13-15H,3-12,19H2,1-2H3,(H,20,21)(H,22,23)(H,24,25)/t13?,14?,15-/m0/s1. The Morgan fingerprint density at radius 2 is 1.73 bits per heavy atom. The number of aliphatic carboxylic acids is 2. The van der Waals surface area contributed by atoms with Crippen molar-refractivity contribution >= 4 is 29.6 Å². The van der Waals surface area contributed by atoms with E-state index in [-0.39, 0.29) is 31.2 Å². The van der Waals surface area contributed by atoms with Gasteiger partial charge in [0, 0.05) is 29.9 Å². The SMILES string of the molecule is CCCCCC(C)SCC(CCCC(=O)O)NC(=O)CC[C@H](N)C(=O)O. The second-order valence-corrected chi connectivity index (χ2v) is 8.14. The summed E-state index contributed by atoms with van der Waals surface area (Å²) in [5, 5.41) is 20.9. The quantitative estimate of drug-likeness (QED) is 0.298. The van der Waals surface area contributed by atoms with Gasteiger partial charge in [-0.2, -0.15) is 11.8 Å². The topological polar surface area (TPSA) is 130 Å². The fourth-order valence-electron chi connectivity index (χ4n) is 2.45. The molecule has 152 valence electrons. The molecule has 0 spiro atoms. The van der Waals surface area contributed by atoms with Gasteiger partial charge in [-0.1, -0.05) is 33.1 Å². The third-order valence-electron chi connectivity index (χ3n) is 4.10. The predicted molar refractivity (Wildman–Crippen MR) is 104 cm³/mol. The zero-order valence-electron chi connectivity index (χ0n) is 15.9. The van der Waals surface area contributed by atoms with Crippen molar-refractivity contribution in [2.45, 2.75) is 89.0 Å². The summed E-state index contributed by atoms with van der Waals surface area (Å²) in [4.78, 5) is 33.5. The molecular weight excluding hydrogens is 356 g/mol. The number of thioether (sulfide) groups is 1. The maximum atomic E-state index is 12.0. The van der Waals surface area contributed by atoms with Crippen molar-refractivity contribution in [3.63, 3.8) is 0 Å². The van der Waals surface area contributed by atoms with E-state index in [1.165, 1.54) is 19.3 Å². The number of hydrogen-bond acceptors (Lipinski definition) is 5. The van der Waals surface area contributed by atoms with Crippen molar-refractivity contribution < 1.29 is 24.6 Å². The van der Waals surface area contributed by atoms with Gasteiger partial charge in [0.15, 0.2) is 0 Å². The highest BCUT2D eigenvalue weighted by Gasteiger charge is 2.17. The van der Waals surface area contributed by atoms with Crippen molar-refractivity contribution in [3.8, 4) is 0 Å². The van der Waals surface area contributed by atoms with Crippen molar-refractivity contribution in [3.05, 3.63) is 0 Å². The Morgan fingerprint density at radius 1 is 1.04 bits per heavy atom. The van der Waals surface area contributed by atoms with E-state index in [9.17, 15) is 14.4 Å². The lowest BCUT2D eigenvalue weighted by Crippen LogP contribution is -2.38. The summed E-state index contributed by atoms with van der Waals surface area (Å²) in [6.45, 7) is 4.34. The van der Waals surface area contributed by atoms with E-state index in [0.29, 0.717) is 18.1 Å². The van der Waals surface area contributed by atoms with E-state index in [2.05, 4.69) is 19.2 Å². The molecule has 0 aliphatic carbocycles. The van der Waals surface area contributed by atoms with Gasteiger partial charge in [0.25, 0.3) is 0 Å². The summed E-state index contributed by atoms with van der Waals surface area (Å²) < 4.78 is 0. The van der Waals surface area contributed by atoms with Crippen molar-refractivity contribution in [2.75, 3.05) is 5.75 Å². The molecule has 0 fully saturated rings. The number of nitrogens with two attached hydrogens (primary N) is 1. The molecule has 26 heavy (non-hydrogen) atoms. The zero-order valence-corrected chi connectivity index (χ0v) is 16.7. The van der Waals surface area contributed by atoms with E-state index < -0.39 is 18.0 Å². The minimum Gasteiger partial charge on any atom is -0.481 e. The van der Waals surface area contributed by atoms with Gasteiger partial charge in [-0.15, -0.1) is 0 Å². The molecule has 0 bridgehead atoms. The minimum atomic E-state index is -1.12. The number of carboxylic acid groups (broad SMARTS) is 2. The van der Waals surface area contributed by atoms with Gasteiger partial charge in [0.05, 0.1) is 0 Å². The Labute approximate surface area is 160 Å². The maximum Gasteiger partial charge on any atom is 0.320 e. The smallest absolute Gasteiger partial charge is 0.320 e. The van der Waals surface area contributed by atoms with Gasteiger partial charge in [0.2, 0.25) is 5.91 Å². The second-order valence-electron chi connectivity index (χ2n) is 6.67. The molecule has 7 nitrogen and oxygen atoms in total. The predicted octanol–water partition coefficient (Wildman–Crippen LogP) is 2.62. The molecule has 0 saturated heterocycles. The van der Waals surface area contributed by atoms with Crippen LogP contribution in [0.1, 0.15) is 71.6 Å². The highest BCUT2D eigenvalue weighted by molar-refractivity contribution is 7.99. The summed E-state index contributed by atoms with van der Waals surface area (Å²) in [5.41, 5.74) is 5.42. The second kappa shape index (κ2) is 14.8. The molecule has 0 aromatic rings. The molecule has 0 aromatic heterocycles. The summed E-state index contributed by atoms with van der Waals surface area (Å²) in [6, 6.07) is -1.15. The molecule has 0 rings (SSSR count). The Kier molecular flexibility index (Phi) is 14.1. The van der Waals surface area contributed by atoms with Crippen LogP contribution in [-0.4, -0.2) is 51.1 Å². The number of carbonyl (C=O) groups excluding carboxylic acids is 1. The number of amides is 1. The largest absolute Gasteiger partial charge is 0.481 e. The Bertz CT molecular complexity index is 434. The molecule has 8 heteroatoms. The van der Waals surface area contributed by atoms with Gasteiger partial charge < -0.3 is 21.3 Å². The lowest BCUT2D eigenvalue weighted by atomic mass is 10.1. The van der Waals surface area contributed by atoms with Crippen molar-refractivity contribution in [1.82, 2.24) is 5.32 Å². The van der Waals surface area contributed by atoms with Crippen LogP contribution in [0.4, 0.5) is 0 Å². The molecular formula is C18H34N2O5S. The van der Waals surface area contributed by atoms with Crippen LogP contribution in [0.2, 0.25) is 0 Å². The van der Waals surface area contributed by atoms with Crippen molar-refractivity contribution in [2.24, 2.45) is 5.73 Å². The molecule has 0 aliphatic rings. The third-order valence-corrected chi connectivity index (χ3v) is 5.50. The first-order valence-corrected chi connectivity index (χ1v) is 10.4. The molecule has 0 aliphatic heterocycles. The lowest BCUT2D eigenvalue weighted by Gasteiger charge is -2.21. The summed E-state index contributed by atoms with van der Waals surface area (Å²) in [5.74, 6) is -1.47. The Morgan fingerprint density at radius 3 is 2.31 bits per heavy atom. The van der Waals surface area contributed by atoms with Crippen LogP contribution >= 0.6 is 11.8 Å². The molecule has 0 saturated carbocycles. The maximum absolute atomic E-state index is 12.0. The molecule has 0 heterocycles. The van der Waals surface area contributed by atoms with E-state index in [1.807, 2.05) is 0 Å². The molecule has 3 atom stereocenters. The van der Waals surface area contributed by atoms with Crippen molar-refractivity contribution in [1.29, 1.82) is 0 Å². The summed E-state index contributed by atoms with van der Waals surface area (Å²) >= 11 is 1.78. The van der Waals surface area contributed by atoms with Crippen LogP contribution in [0.25, 0.3) is 0 Å². The average molecular weight is 391 g/mol. The van der Waals surface area contributed by atoms with Crippen LogP contribution < -0.4 is 11.1 Å². The highest BCUT2D eigenvalue weighted by atomic mass is 32.2. The van der Waals surface area contributed by atoms with Gasteiger partial charge in [-0.25, -0.2) is 0 Å². The minimum absolute atomic E-state index is 0.0552. The van der Waals surface area contributed by atoms with E-state index in [4.69, 9.17) is 15.9 Å². The first-order chi connectivity index (χ1) is 12.3. The number of rotatable bonds is 16. The number of carboxylic acids is 2. The fraction of sp³-hybridized carbons (Fsp3) is 0.833.